The van der Waals surface area contributed by atoms with Gasteiger partial charge < -0.3 is 64.0 Å². The zero-order valence-corrected chi connectivity index (χ0v) is 41.5. The van der Waals surface area contributed by atoms with E-state index in [4.69, 9.17) is 11.5 Å². The number of H-pyrrole nitrogens is 2. The van der Waals surface area contributed by atoms with Gasteiger partial charge in [0.1, 0.15) is 36.3 Å². The summed E-state index contributed by atoms with van der Waals surface area (Å²) in [6.07, 6.45) is 5.65. The lowest BCUT2D eigenvalue weighted by molar-refractivity contribution is -0.385. The summed E-state index contributed by atoms with van der Waals surface area (Å²) in [5.41, 5.74) is 12.7. The van der Waals surface area contributed by atoms with Gasteiger partial charge in [0, 0.05) is 92.9 Å². The average Bonchev–Trinajstić information content (AvgIpc) is 4.04. The van der Waals surface area contributed by atoms with E-state index in [9.17, 15) is 48.5 Å². The molecule has 74 heavy (non-hydrogen) atoms. The van der Waals surface area contributed by atoms with Gasteiger partial charge in [0.05, 0.1) is 11.3 Å². The summed E-state index contributed by atoms with van der Waals surface area (Å²) >= 11 is 0. The zero-order chi connectivity index (χ0) is 53.6. The van der Waals surface area contributed by atoms with Gasteiger partial charge >= 0.3 is 0 Å². The minimum absolute atomic E-state index is 0.0280. The number of hydrogen-bond acceptors (Lipinski definition) is 12. The van der Waals surface area contributed by atoms with Crippen molar-refractivity contribution in [3.63, 3.8) is 0 Å². The van der Waals surface area contributed by atoms with Crippen molar-refractivity contribution >= 4 is 69.8 Å². The topological polar surface area (TPSA) is 385 Å². The number of carbonyl (C=O) groups excluding carboxylic acids is 8. The Bertz CT molecular complexity index is 2620. The number of benzene rings is 2. The number of guanidine groups is 1. The van der Waals surface area contributed by atoms with Crippen molar-refractivity contribution in [3.05, 3.63) is 94.2 Å². The number of fused-ring (bicyclic) bond motifs is 1. The molecule has 1 aliphatic rings. The molecule has 0 saturated carbocycles. The first-order valence-corrected chi connectivity index (χ1v) is 24.7. The summed E-state index contributed by atoms with van der Waals surface area (Å²) in [7, 11) is 0. The number of nitrogens with zero attached hydrogens (tertiary/aromatic N) is 3. The Labute approximate surface area is 426 Å². The normalized spacial score (nSPS) is 20.3. The standard InChI is InChI=1S/C49H67N15O10/c1-3-4-14-35(58-29(2)65)44(68)60-37-18-19-42(66)53-20-9-10-21-54-43(67)38(24-31-26-56-34-15-7-6-13-33(31)34)61-45(69)36(16-11-22-55-49(50)51)59-47(71)39(23-30-12-5-8-17-41(30)64(73)74)62-48(72)40(63-46(37)70)25-32-27-52-28-57-32/h5-8,12-13,15,17,26-28,35-40,56H,3-4,9-11,14,16,18-25H2,1-2H3,(H,52,57)(H,53,66)(H,54,67)(H,58,65)(H,59,71)(H,60,68)(H,61,69)(H,62,72)(H,63,70)(H4,50,51,55)/t35-,36-,37-,38-,39+,40-/m0/s1. The van der Waals surface area contributed by atoms with Crippen LogP contribution in [0.4, 0.5) is 5.69 Å². The lowest BCUT2D eigenvalue weighted by Crippen LogP contribution is -2.60. The molecular formula is C49H67N15O10. The van der Waals surface area contributed by atoms with Gasteiger partial charge in [0.15, 0.2) is 5.96 Å². The summed E-state index contributed by atoms with van der Waals surface area (Å²) in [4.78, 5) is 137. The molecule has 1 saturated heterocycles. The largest absolute Gasteiger partial charge is 0.370 e. The number of nitro groups is 1. The van der Waals surface area contributed by atoms with Crippen molar-refractivity contribution in [1.82, 2.24) is 57.5 Å². The number of nitrogens with one attached hydrogen (secondary N) is 10. The Morgan fingerprint density at radius 2 is 1.43 bits per heavy atom. The van der Waals surface area contributed by atoms with Crippen molar-refractivity contribution in [2.24, 2.45) is 16.5 Å². The molecule has 25 nitrogen and oxygen atoms in total. The van der Waals surface area contributed by atoms with Crippen molar-refractivity contribution in [2.45, 2.75) is 127 Å². The lowest BCUT2D eigenvalue weighted by atomic mass is 10.0. The van der Waals surface area contributed by atoms with E-state index in [1.54, 1.807) is 6.20 Å². The summed E-state index contributed by atoms with van der Waals surface area (Å²) in [6, 6.07) is 4.76. The average molecular weight is 1030 g/mol. The quantitative estimate of drug-likeness (QED) is 0.0215. The van der Waals surface area contributed by atoms with Gasteiger partial charge in [0.25, 0.3) is 5.69 Å². The van der Waals surface area contributed by atoms with Crippen molar-refractivity contribution < 1.29 is 43.3 Å². The number of aromatic amines is 2. The molecule has 0 radical (unpaired) electrons. The molecule has 2 aromatic carbocycles. The highest BCUT2D eigenvalue weighted by Crippen LogP contribution is 2.21. The summed E-state index contributed by atoms with van der Waals surface area (Å²) in [6.45, 7) is 3.54. The summed E-state index contributed by atoms with van der Waals surface area (Å²) < 4.78 is 0. The maximum atomic E-state index is 14.7. The fourth-order valence-corrected chi connectivity index (χ4v) is 8.35. The molecule has 4 aromatic rings. The second kappa shape index (κ2) is 28.6. The Hall–Kier alpha value is -8.38. The van der Waals surface area contributed by atoms with Gasteiger partial charge in [-0.05, 0) is 50.2 Å². The molecule has 1 aliphatic heterocycles. The number of rotatable bonds is 17. The highest BCUT2D eigenvalue weighted by molar-refractivity contribution is 5.98. The van der Waals surface area contributed by atoms with Crippen LogP contribution >= 0.6 is 0 Å². The summed E-state index contributed by atoms with van der Waals surface area (Å²) in [5.74, 6) is -6.01. The number of imidazole rings is 1. The SMILES string of the molecule is CCCC[C@H](NC(C)=O)C(=O)N[C@H]1CCC(=O)NCCCCNC(=O)[C@H](Cc2c[nH]c3ccccc23)NC(=O)[C@H](CCCN=C(N)N)NC(=O)[C@@H](Cc2ccccc2[N+](=O)[O-])NC(=O)[C@H](Cc2cnc[nH]2)NC1=O. The number of carbonyl (C=O) groups is 8. The number of nitrogens with two attached hydrogens (primary N) is 2. The minimum Gasteiger partial charge on any atom is -0.370 e. The molecule has 3 heterocycles. The smallest absolute Gasteiger partial charge is 0.272 e. The Kier molecular flexibility index (Phi) is 21.9. The predicted octanol–water partition coefficient (Wildman–Crippen LogP) is -0.194. The van der Waals surface area contributed by atoms with Crippen LogP contribution in [-0.4, -0.2) is 129 Å². The molecule has 14 N–H and O–H groups in total. The van der Waals surface area contributed by atoms with Crippen LogP contribution in [0.2, 0.25) is 0 Å². The van der Waals surface area contributed by atoms with Crippen LogP contribution < -0.4 is 54.0 Å². The van der Waals surface area contributed by atoms with E-state index in [0.29, 0.717) is 36.9 Å². The number of para-hydroxylation sites is 2. The molecule has 0 unspecified atom stereocenters. The second-order valence-corrected chi connectivity index (χ2v) is 18.0. The van der Waals surface area contributed by atoms with Crippen LogP contribution in [0, 0.1) is 10.1 Å². The molecule has 8 amide bonds. The van der Waals surface area contributed by atoms with E-state index < -0.39 is 94.9 Å². The highest BCUT2D eigenvalue weighted by Gasteiger charge is 2.35. The van der Waals surface area contributed by atoms with Gasteiger partial charge in [-0.3, -0.25) is 53.5 Å². The first kappa shape index (κ1) is 56.5. The molecule has 25 heteroatoms. The van der Waals surface area contributed by atoms with Crippen LogP contribution in [0.1, 0.15) is 88.5 Å². The molecule has 0 aliphatic carbocycles. The fourth-order valence-electron chi connectivity index (χ4n) is 8.35. The zero-order valence-electron chi connectivity index (χ0n) is 41.5. The maximum Gasteiger partial charge on any atom is 0.272 e. The van der Waals surface area contributed by atoms with Gasteiger partial charge in [-0.15, -0.1) is 0 Å². The van der Waals surface area contributed by atoms with Crippen LogP contribution in [-0.2, 0) is 57.6 Å². The van der Waals surface area contributed by atoms with Crippen LogP contribution in [0.15, 0.2) is 72.2 Å². The van der Waals surface area contributed by atoms with E-state index in [2.05, 4.69) is 62.5 Å². The van der Waals surface area contributed by atoms with Crippen molar-refractivity contribution in [1.29, 1.82) is 0 Å². The molecule has 0 spiro atoms. The van der Waals surface area contributed by atoms with Crippen molar-refractivity contribution in [3.8, 4) is 0 Å². The van der Waals surface area contributed by atoms with E-state index in [0.717, 1.165) is 10.9 Å². The lowest BCUT2D eigenvalue weighted by Gasteiger charge is -2.27. The third-order valence-corrected chi connectivity index (χ3v) is 12.2. The Morgan fingerprint density at radius 3 is 2.12 bits per heavy atom. The van der Waals surface area contributed by atoms with E-state index in [-0.39, 0.29) is 81.8 Å². The van der Waals surface area contributed by atoms with Crippen LogP contribution in [0.25, 0.3) is 10.9 Å². The van der Waals surface area contributed by atoms with Gasteiger partial charge in [0.2, 0.25) is 47.3 Å². The number of aromatic nitrogens is 3. The van der Waals surface area contributed by atoms with Crippen LogP contribution in [0.3, 0.4) is 0 Å². The van der Waals surface area contributed by atoms with E-state index in [1.807, 2.05) is 31.2 Å². The number of hydrogen-bond donors (Lipinski definition) is 12. The van der Waals surface area contributed by atoms with Crippen LogP contribution in [0.5, 0.6) is 0 Å². The Morgan fingerprint density at radius 1 is 0.797 bits per heavy atom. The van der Waals surface area contributed by atoms with E-state index >= 15 is 0 Å². The number of amides is 8. The molecule has 0 bridgehead atoms. The minimum atomic E-state index is -1.65. The number of unbranched alkanes of at least 4 members (excludes halogenated alkanes) is 1. The molecule has 5 rings (SSSR count). The Balaban J connectivity index is 1.55. The fraction of sp³-hybridized carbons (Fsp3) is 0.469. The monoisotopic (exact) mass is 1030 g/mol. The highest BCUT2D eigenvalue weighted by atomic mass is 16.6. The molecule has 2 aromatic heterocycles. The maximum absolute atomic E-state index is 14.7. The van der Waals surface area contributed by atoms with Gasteiger partial charge in [-0.1, -0.05) is 56.2 Å². The van der Waals surface area contributed by atoms with Gasteiger partial charge in [-0.25, -0.2) is 4.98 Å². The molecule has 1 fully saturated rings. The number of nitro benzene ring substituents is 1. The van der Waals surface area contributed by atoms with E-state index in [1.165, 1.54) is 43.7 Å². The summed E-state index contributed by atoms with van der Waals surface area (Å²) in [5, 5.41) is 34.8. The van der Waals surface area contributed by atoms with Crippen molar-refractivity contribution in [2.75, 3.05) is 19.6 Å². The molecule has 398 valence electrons. The molecule has 6 atom stereocenters. The van der Waals surface area contributed by atoms with Gasteiger partial charge in [-0.2, -0.15) is 0 Å². The molecular weight excluding hydrogens is 959 g/mol. The number of aliphatic imine (C=N–C) groups is 1. The first-order chi connectivity index (χ1) is 35.5. The third-order valence-electron chi connectivity index (χ3n) is 12.2. The first-order valence-electron chi connectivity index (χ1n) is 24.7. The predicted molar refractivity (Wildman–Crippen MR) is 272 cm³/mol. The third kappa shape index (κ3) is 17.7. The second-order valence-electron chi connectivity index (χ2n) is 18.0.